The Kier molecular flexibility index (Phi) is 0.621. The summed E-state index contributed by atoms with van der Waals surface area (Å²) in [5.74, 6) is -1.48. The molecule has 0 saturated carbocycles. The lowest BCUT2D eigenvalue weighted by Gasteiger charge is -1.87. The standard InChI is InChI=1S/C6H5NO2/c8-6(9)5-2-1-3-7-4-5/h1-4H,(H,8,9)/i1+1D,2+1D,3+1D,4+1D,5+1,6+1. The molecule has 0 fully saturated rings. The molecular weight excluding hydrogens is 124 g/mol. The number of carboxylic acid groups (broad SMARTS) is 1. The first-order valence-electron chi connectivity index (χ1n) is 4.12. The van der Waals surface area contributed by atoms with Crippen LogP contribution in [0.4, 0.5) is 0 Å². The predicted octanol–water partition coefficient (Wildman–Crippen LogP) is 0.780. The number of rotatable bonds is 1. The van der Waals surface area contributed by atoms with E-state index >= 15 is 0 Å². The fourth-order valence-electron chi connectivity index (χ4n) is 0.331. The average molecular weight is 133 g/mol. The Morgan fingerprint density at radius 1 is 1.89 bits per heavy atom. The summed E-state index contributed by atoms with van der Waals surface area (Å²) in [5, 5.41) is 8.54. The van der Waals surface area contributed by atoms with Gasteiger partial charge in [-0.15, -0.1) is 0 Å². The summed E-state index contributed by atoms with van der Waals surface area (Å²) in [6, 6.07) is -1.22. The normalized spacial score (nSPS) is 15.1. The molecule has 9 heavy (non-hydrogen) atoms. The van der Waals surface area contributed by atoms with Crippen molar-refractivity contribution < 1.29 is 15.4 Å². The Morgan fingerprint density at radius 2 is 2.67 bits per heavy atom. The van der Waals surface area contributed by atoms with Gasteiger partial charge in [-0.05, 0) is 12.1 Å². The van der Waals surface area contributed by atoms with Gasteiger partial charge in [-0.3, -0.25) is 4.98 Å². The summed E-state index contributed by atoms with van der Waals surface area (Å²) in [6.45, 7) is 0. The maximum absolute atomic E-state index is 10.5. The van der Waals surface area contributed by atoms with Crippen molar-refractivity contribution in [2.75, 3.05) is 0 Å². The molecule has 1 rings (SSSR count). The molecule has 1 heterocycles. The lowest BCUT2D eigenvalue weighted by Crippen LogP contribution is -1.94. The number of carboxylic acids is 1. The van der Waals surface area contributed by atoms with Crippen molar-refractivity contribution >= 4 is 5.97 Å². The smallest absolute Gasteiger partial charge is 0.337 e. The first-order valence-corrected chi connectivity index (χ1v) is 2.12. The second-order valence-electron chi connectivity index (χ2n) is 1.27. The highest BCUT2D eigenvalue weighted by atomic mass is 16.5. The highest BCUT2D eigenvalue weighted by Crippen LogP contribution is 1.92. The van der Waals surface area contributed by atoms with Gasteiger partial charge in [-0.1, -0.05) is 0 Å². The van der Waals surface area contributed by atoms with Crippen LogP contribution >= 0.6 is 0 Å². The Labute approximate surface area is 57.6 Å². The van der Waals surface area contributed by atoms with Gasteiger partial charge in [0.05, 0.1) is 11.0 Å². The van der Waals surface area contributed by atoms with E-state index in [1.807, 2.05) is 0 Å². The molecule has 0 radical (unpaired) electrons. The number of carbonyl (C=O) groups is 1. The summed E-state index contributed by atoms with van der Waals surface area (Å²) in [7, 11) is 0. The van der Waals surface area contributed by atoms with Gasteiger partial charge in [0.25, 0.3) is 0 Å². The van der Waals surface area contributed by atoms with Crippen LogP contribution in [0, 0.1) is 0 Å². The van der Waals surface area contributed by atoms with Gasteiger partial charge < -0.3 is 5.11 Å². The number of aromatic carboxylic acids is 1. The van der Waals surface area contributed by atoms with Crippen molar-refractivity contribution in [3.63, 3.8) is 0 Å². The molecule has 3 nitrogen and oxygen atoms in total. The van der Waals surface area contributed by atoms with Gasteiger partial charge in [-0.2, -0.15) is 0 Å². The summed E-state index contributed by atoms with van der Waals surface area (Å²) in [6.07, 6.45) is -1.21. The number of hydrogen-bond acceptors (Lipinski definition) is 2. The van der Waals surface area contributed by atoms with E-state index in [2.05, 4.69) is 4.98 Å². The van der Waals surface area contributed by atoms with Gasteiger partial charge in [0.15, 0.2) is 0 Å². The van der Waals surface area contributed by atoms with Gasteiger partial charge in [0, 0.05) is 12.3 Å². The van der Waals surface area contributed by atoms with E-state index in [1.54, 1.807) is 0 Å². The number of nitrogens with zero attached hydrogens (tertiary/aromatic N) is 1. The van der Waals surface area contributed by atoms with Crippen LogP contribution in [0.2, 0.25) is 0 Å². The molecule has 0 spiro atoms. The molecule has 0 aliphatic rings. The summed E-state index contributed by atoms with van der Waals surface area (Å²) >= 11 is 0. The van der Waals surface area contributed by atoms with E-state index in [4.69, 9.17) is 10.6 Å². The van der Waals surface area contributed by atoms with Crippen molar-refractivity contribution in [2.24, 2.45) is 0 Å². The van der Waals surface area contributed by atoms with Crippen molar-refractivity contribution in [1.82, 2.24) is 4.98 Å². The molecular formula is C6H5NO2. The second kappa shape index (κ2) is 2.26. The fourth-order valence-corrected chi connectivity index (χ4v) is 0.331. The highest BCUT2D eigenvalue weighted by molar-refractivity contribution is 5.86. The van der Waals surface area contributed by atoms with Crippen LogP contribution in [0.1, 0.15) is 15.8 Å². The predicted molar refractivity (Wildman–Crippen MR) is 31.2 cm³/mol. The number of aromatic nitrogens is 1. The zero-order valence-corrected chi connectivity index (χ0v) is 4.30. The zero-order valence-electron chi connectivity index (χ0n) is 8.30. The Morgan fingerprint density at radius 3 is 3.33 bits per heavy atom. The first kappa shape index (κ1) is 2.47. The molecule has 3 heteroatoms. The molecule has 0 unspecified atom stereocenters. The first-order chi connectivity index (χ1) is 5.95. The zero-order chi connectivity index (χ0) is 10.2. The maximum Gasteiger partial charge on any atom is 0.337 e. The molecule has 0 aliphatic carbocycles. The van der Waals surface area contributed by atoms with Crippen molar-refractivity contribution in [1.29, 1.82) is 0 Å². The van der Waals surface area contributed by atoms with E-state index in [-0.39, 0.29) is 0 Å². The summed E-state index contributed by atoms with van der Waals surface area (Å²) in [4.78, 5) is 13.7. The van der Waals surface area contributed by atoms with Gasteiger partial charge >= 0.3 is 5.97 Å². The van der Waals surface area contributed by atoms with Gasteiger partial charge in [0.1, 0.15) is 0 Å². The molecule has 0 aromatic carbocycles. The van der Waals surface area contributed by atoms with E-state index in [0.29, 0.717) is 0 Å². The SMILES string of the molecule is [2H][13c]1n[13c]([2H])[13c]([13C](=O)O)[13c]([2H])[13c]1[2H]. The summed E-state index contributed by atoms with van der Waals surface area (Å²) in [5.41, 5.74) is -0.638. The monoisotopic (exact) mass is 133 g/mol. The van der Waals surface area contributed by atoms with Crippen LogP contribution in [0.3, 0.4) is 0 Å². The van der Waals surface area contributed by atoms with Gasteiger partial charge in [0.2, 0.25) is 0 Å². The van der Waals surface area contributed by atoms with Crippen LogP contribution in [-0.4, -0.2) is 16.1 Å². The van der Waals surface area contributed by atoms with Crippen LogP contribution in [-0.2, 0) is 0 Å². The molecule has 1 aromatic rings. The minimum Gasteiger partial charge on any atom is -0.478 e. The molecule has 1 N–H and O–H groups in total. The molecule has 0 aliphatic heterocycles. The minimum atomic E-state index is -1.48. The third-order valence-corrected chi connectivity index (χ3v) is 0.681. The topological polar surface area (TPSA) is 50.2 Å². The van der Waals surface area contributed by atoms with Crippen LogP contribution in [0.5, 0.6) is 0 Å². The van der Waals surface area contributed by atoms with Crippen molar-refractivity contribution in [3.05, 3.63) is 30.0 Å². The quantitative estimate of drug-likeness (QED) is 0.576. The molecule has 1 aromatic heterocycles. The minimum absolute atomic E-state index is 0.556. The van der Waals surface area contributed by atoms with E-state index in [9.17, 15) is 4.79 Å². The van der Waals surface area contributed by atoms with Gasteiger partial charge in [-0.25, -0.2) is 4.79 Å². The third-order valence-electron chi connectivity index (χ3n) is 0.681. The lowest BCUT2D eigenvalue weighted by molar-refractivity contribution is 0.0696. The Balaban J connectivity index is 3.53. The van der Waals surface area contributed by atoms with Crippen molar-refractivity contribution in [3.8, 4) is 0 Å². The highest BCUT2D eigenvalue weighted by Gasteiger charge is 1.97. The third kappa shape index (κ3) is 1.25. The van der Waals surface area contributed by atoms with Crippen LogP contribution in [0.25, 0.3) is 0 Å². The van der Waals surface area contributed by atoms with E-state index in [0.717, 1.165) is 0 Å². The van der Waals surface area contributed by atoms with E-state index < -0.39 is 36.0 Å². The number of pyridine rings is 1. The van der Waals surface area contributed by atoms with E-state index in [1.165, 1.54) is 0 Å². The molecule has 0 atom stereocenters. The Bertz CT molecular complexity index is 379. The summed E-state index contributed by atoms with van der Waals surface area (Å²) < 4.78 is 28.3. The molecule has 0 saturated heterocycles. The number of hydrogen-bond donors (Lipinski definition) is 1. The molecule has 46 valence electrons. The Hall–Kier alpha value is -1.38. The van der Waals surface area contributed by atoms with Crippen LogP contribution < -0.4 is 0 Å². The maximum atomic E-state index is 10.5. The largest absolute Gasteiger partial charge is 0.478 e. The lowest BCUT2D eigenvalue weighted by atomic mass is 11.3. The molecule has 0 amide bonds. The van der Waals surface area contributed by atoms with Crippen LogP contribution in [0.15, 0.2) is 24.4 Å². The fraction of sp³-hybridized carbons (Fsp3) is 0. The second-order valence-corrected chi connectivity index (χ2v) is 1.27. The average Bonchev–Trinajstić information content (AvgIpc) is 1.99. The molecule has 0 bridgehead atoms. The van der Waals surface area contributed by atoms with Crippen molar-refractivity contribution in [2.45, 2.75) is 0 Å².